The molecule has 0 aliphatic carbocycles. The van der Waals surface area contributed by atoms with E-state index in [4.69, 9.17) is 11.6 Å². The number of halogens is 1. The molecule has 0 saturated carbocycles. The molecule has 1 amide bonds. The van der Waals surface area contributed by atoms with E-state index in [1.807, 2.05) is 4.57 Å². The average Bonchev–Trinajstić information content (AvgIpc) is 3.32. The van der Waals surface area contributed by atoms with Crippen molar-refractivity contribution in [3.63, 3.8) is 0 Å². The van der Waals surface area contributed by atoms with Crippen LogP contribution in [0.1, 0.15) is 23.9 Å². The molecule has 0 radical (unpaired) electrons. The summed E-state index contributed by atoms with van der Waals surface area (Å²) >= 11 is 6.15. The van der Waals surface area contributed by atoms with E-state index in [0.29, 0.717) is 16.5 Å². The highest BCUT2D eigenvalue weighted by Gasteiger charge is 2.19. The monoisotopic (exact) mass is 387 g/mol. The standard InChI is InChI=1S/C17H18ClN7O2/c1-11-22-25(13-6-3-2-5-12(13)18)17(27)24(11)10-16(26)19-9-15-21-20-14-7-4-8-23(14)15/h2-3,5-6H,4,7-10H2,1H3,(H,19,26). The number of hydrogen-bond donors (Lipinski definition) is 1. The first-order valence-corrected chi connectivity index (χ1v) is 9.01. The van der Waals surface area contributed by atoms with Crippen LogP contribution in [0.2, 0.25) is 5.02 Å². The van der Waals surface area contributed by atoms with Crippen molar-refractivity contribution in [3.8, 4) is 5.69 Å². The van der Waals surface area contributed by atoms with Crippen LogP contribution in [-0.4, -0.2) is 35.0 Å². The molecule has 1 aliphatic rings. The minimum Gasteiger partial charge on any atom is -0.347 e. The molecule has 0 unspecified atom stereocenters. The Morgan fingerprint density at radius 1 is 1.30 bits per heavy atom. The van der Waals surface area contributed by atoms with E-state index in [2.05, 4.69) is 20.6 Å². The van der Waals surface area contributed by atoms with Gasteiger partial charge in [-0.3, -0.25) is 9.36 Å². The summed E-state index contributed by atoms with van der Waals surface area (Å²) < 4.78 is 4.54. The fourth-order valence-corrected chi connectivity index (χ4v) is 3.39. The van der Waals surface area contributed by atoms with E-state index in [9.17, 15) is 9.59 Å². The first kappa shape index (κ1) is 17.5. The van der Waals surface area contributed by atoms with E-state index < -0.39 is 5.69 Å². The molecule has 2 aromatic heterocycles. The van der Waals surface area contributed by atoms with Crippen molar-refractivity contribution >= 4 is 17.5 Å². The third-order valence-electron chi connectivity index (χ3n) is 4.56. The van der Waals surface area contributed by atoms with Crippen LogP contribution in [0, 0.1) is 6.92 Å². The van der Waals surface area contributed by atoms with Crippen LogP contribution in [0.5, 0.6) is 0 Å². The Labute approximate surface area is 159 Å². The third kappa shape index (κ3) is 3.25. The van der Waals surface area contributed by atoms with Gasteiger partial charge in [0.2, 0.25) is 5.91 Å². The average molecular weight is 388 g/mol. The van der Waals surface area contributed by atoms with Crippen molar-refractivity contribution in [1.29, 1.82) is 0 Å². The van der Waals surface area contributed by atoms with Gasteiger partial charge in [-0.05, 0) is 25.5 Å². The summed E-state index contributed by atoms with van der Waals surface area (Å²) in [6, 6.07) is 6.93. The Morgan fingerprint density at radius 3 is 2.93 bits per heavy atom. The summed E-state index contributed by atoms with van der Waals surface area (Å²) in [4.78, 5) is 25.0. The van der Waals surface area contributed by atoms with Gasteiger partial charge in [-0.2, -0.15) is 9.78 Å². The highest BCUT2D eigenvalue weighted by molar-refractivity contribution is 6.32. The van der Waals surface area contributed by atoms with Gasteiger partial charge in [0.15, 0.2) is 5.82 Å². The number of rotatable bonds is 5. The lowest BCUT2D eigenvalue weighted by atomic mass is 10.3. The number of para-hydroxylation sites is 1. The molecule has 0 bridgehead atoms. The predicted octanol–water partition coefficient (Wildman–Crippen LogP) is 0.850. The quantitative estimate of drug-likeness (QED) is 0.699. The van der Waals surface area contributed by atoms with Gasteiger partial charge in [0.05, 0.1) is 17.3 Å². The van der Waals surface area contributed by atoms with Gasteiger partial charge in [0, 0.05) is 13.0 Å². The molecular weight excluding hydrogens is 370 g/mol. The zero-order valence-electron chi connectivity index (χ0n) is 14.7. The lowest BCUT2D eigenvalue weighted by molar-refractivity contribution is -0.121. The largest absolute Gasteiger partial charge is 0.351 e. The van der Waals surface area contributed by atoms with Gasteiger partial charge in [-0.25, -0.2) is 4.79 Å². The summed E-state index contributed by atoms with van der Waals surface area (Å²) in [5.74, 6) is 1.81. The Hall–Kier alpha value is -2.94. The molecule has 27 heavy (non-hydrogen) atoms. The predicted molar refractivity (Wildman–Crippen MR) is 97.8 cm³/mol. The van der Waals surface area contributed by atoms with E-state index in [1.54, 1.807) is 31.2 Å². The van der Waals surface area contributed by atoms with Gasteiger partial charge in [-0.15, -0.1) is 10.2 Å². The van der Waals surface area contributed by atoms with Gasteiger partial charge < -0.3 is 9.88 Å². The number of nitrogens with zero attached hydrogens (tertiary/aromatic N) is 6. The second-order valence-corrected chi connectivity index (χ2v) is 6.75. The first-order chi connectivity index (χ1) is 13.0. The van der Waals surface area contributed by atoms with E-state index >= 15 is 0 Å². The fourth-order valence-electron chi connectivity index (χ4n) is 3.18. The Kier molecular flexibility index (Phi) is 4.53. The van der Waals surface area contributed by atoms with E-state index in [1.165, 1.54) is 9.25 Å². The maximum Gasteiger partial charge on any atom is 0.351 e. The molecule has 0 saturated heterocycles. The van der Waals surface area contributed by atoms with E-state index in [-0.39, 0.29) is 19.0 Å². The Balaban J connectivity index is 1.48. The molecule has 9 nitrogen and oxygen atoms in total. The summed E-state index contributed by atoms with van der Waals surface area (Å²) in [7, 11) is 0. The van der Waals surface area contributed by atoms with Crippen molar-refractivity contribution in [3.05, 3.63) is 57.2 Å². The molecule has 0 atom stereocenters. The molecule has 10 heteroatoms. The maximum absolute atomic E-state index is 12.7. The number of aromatic nitrogens is 6. The minimum absolute atomic E-state index is 0.129. The van der Waals surface area contributed by atoms with Crippen LogP contribution in [0.25, 0.3) is 5.69 Å². The maximum atomic E-state index is 12.7. The molecule has 1 N–H and O–H groups in total. The van der Waals surface area contributed by atoms with Gasteiger partial charge in [-0.1, -0.05) is 23.7 Å². The SMILES string of the molecule is Cc1nn(-c2ccccc2Cl)c(=O)n1CC(=O)NCc1nnc2n1CCC2. The minimum atomic E-state index is -0.417. The number of carbonyl (C=O) groups is 1. The molecule has 3 heterocycles. The molecule has 0 fully saturated rings. The molecule has 1 aromatic carbocycles. The zero-order valence-corrected chi connectivity index (χ0v) is 15.5. The molecule has 0 spiro atoms. The van der Waals surface area contributed by atoms with Crippen molar-refractivity contribution in [2.24, 2.45) is 0 Å². The zero-order chi connectivity index (χ0) is 19.0. The molecule has 140 valence electrons. The van der Waals surface area contributed by atoms with Crippen LogP contribution >= 0.6 is 11.6 Å². The Morgan fingerprint density at radius 2 is 2.11 bits per heavy atom. The number of amides is 1. The normalized spacial score (nSPS) is 13.0. The summed E-state index contributed by atoms with van der Waals surface area (Å²) in [6.07, 6.45) is 1.96. The number of hydrogen-bond acceptors (Lipinski definition) is 5. The number of aryl methyl sites for hydroxylation is 2. The van der Waals surface area contributed by atoms with Crippen LogP contribution in [0.15, 0.2) is 29.1 Å². The van der Waals surface area contributed by atoms with Crippen LogP contribution in [-0.2, 0) is 30.8 Å². The lowest BCUT2D eigenvalue weighted by Crippen LogP contribution is -2.33. The van der Waals surface area contributed by atoms with Crippen molar-refractivity contribution in [2.75, 3.05) is 0 Å². The highest BCUT2D eigenvalue weighted by atomic mass is 35.5. The van der Waals surface area contributed by atoms with Crippen molar-refractivity contribution in [1.82, 2.24) is 34.4 Å². The second kappa shape index (κ2) is 6.99. The number of fused-ring (bicyclic) bond motifs is 1. The smallest absolute Gasteiger partial charge is 0.347 e. The van der Waals surface area contributed by atoms with Crippen molar-refractivity contribution in [2.45, 2.75) is 39.4 Å². The van der Waals surface area contributed by atoms with Gasteiger partial charge >= 0.3 is 5.69 Å². The van der Waals surface area contributed by atoms with Crippen LogP contribution in [0.4, 0.5) is 0 Å². The van der Waals surface area contributed by atoms with Crippen LogP contribution in [0.3, 0.4) is 0 Å². The van der Waals surface area contributed by atoms with Gasteiger partial charge in [0.1, 0.15) is 18.2 Å². The van der Waals surface area contributed by atoms with Crippen LogP contribution < -0.4 is 11.0 Å². The molecule has 1 aliphatic heterocycles. The third-order valence-corrected chi connectivity index (χ3v) is 4.88. The van der Waals surface area contributed by atoms with E-state index in [0.717, 1.165) is 31.0 Å². The topological polar surface area (TPSA) is 99.6 Å². The lowest BCUT2D eigenvalue weighted by Gasteiger charge is -2.06. The molecule has 4 rings (SSSR count). The number of nitrogens with one attached hydrogen (secondary N) is 1. The number of benzene rings is 1. The molecule has 3 aromatic rings. The molecular formula is C17H18ClN7O2. The second-order valence-electron chi connectivity index (χ2n) is 6.34. The first-order valence-electron chi connectivity index (χ1n) is 8.63. The fraction of sp³-hybridized carbons (Fsp3) is 0.353. The van der Waals surface area contributed by atoms with Crippen molar-refractivity contribution < 1.29 is 4.79 Å². The summed E-state index contributed by atoms with van der Waals surface area (Å²) in [5, 5.41) is 15.6. The summed E-state index contributed by atoms with van der Waals surface area (Å²) in [5.41, 5.74) is 0.0598. The summed E-state index contributed by atoms with van der Waals surface area (Å²) in [6.45, 7) is 2.69. The highest BCUT2D eigenvalue weighted by Crippen LogP contribution is 2.17. The number of carbonyl (C=O) groups excluding carboxylic acids is 1. The van der Waals surface area contributed by atoms with Gasteiger partial charge in [0.25, 0.3) is 0 Å². The Bertz CT molecular complexity index is 1070.